The van der Waals surface area contributed by atoms with Crippen LogP contribution in [0.25, 0.3) is 0 Å². The Balaban J connectivity index is 2.43. The second-order valence-corrected chi connectivity index (χ2v) is 5.32. The van der Waals surface area contributed by atoms with Crippen LogP contribution in [0.4, 0.5) is 11.5 Å². The molecule has 2 rings (SSSR count). The molecule has 0 saturated heterocycles. The fourth-order valence-electron chi connectivity index (χ4n) is 1.28. The number of hydrogen-bond acceptors (Lipinski definition) is 4. The van der Waals surface area contributed by atoms with Crippen molar-refractivity contribution in [1.29, 1.82) is 5.26 Å². The number of benzene rings is 1. The highest BCUT2D eigenvalue weighted by Gasteiger charge is 2.09. The number of hydrogen-bond donors (Lipinski definition) is 1. The van der Waals surface area contributed by atoms with E-state index in [9.17, 15) is 0 Å². The maximum atomic E-state index is 9.04. The third kappa shape index (κ3) is 2.80. The van der Waals surface area contributed by atoms with Gasteiger partial charge in [0.2, 0.25) is 0 Å². The fraction of sp³-hybridized carbons (Fsp3) is 0. The topological polar surface area (TPSA) is 61.6 Å². The highest BCUT2D eigenvalue weighted by molar-refractivity contribution is 9.11. The van der Waals surface area contributed by atoms with Crippen molar-refractivity contribution in [2.75, 3.05) is 5.32 Å². The normalized spacial score (nSPS) is 9.89. The molecule has 90 valence electrons. The molecule has 7 heteroatoms. The predicted octanol–water partition coefficient (Wildman–Crippen LogP) is 4.27. The van der Waals surface area contributed by atoms with Gasteiger partial charge in [-0.2, -0.15) is 5.26 Å². The van der Waals surface area contributed by atoms with Gasteiger partial charge in [-0.25, -0.2) is 9.97 Å². The van der Waals surface area contributed by atoms with E-state index in [2.05, 4.69) is 53.2 Å². The molecule has 2 aromatic rings. The molecule has 1 heterocycles. The highest BCUT2D eigenvalue weighted by atomic mass is 79.9. The minimum absolute atomic E-state index is 0.306. The van der Waals surface area contributed by atoms with Crippen LogP contribution in [0.1, 0.15) is 5.56 Å². The van der Waals surface area contributed by atoms with Crippen LogP contribution in [0.15, 0.2) is 33.5 Å². The van der Waals surface area contributed by atoms with Crippen LogP contribution in [-0.4, -0.2) is 9.97 Å². The van der Waals surface area contributed by atoms with Gasteiger partial charge in [0.25, 0.3) is 0 Å². The second kappa shape index (κ2) is 5.65. The number of nitrogens with one attached hydrogen (secondary N) is 1. The molecule has 1 aromatic carbocycles. The number of rotatable bonds is 2. The molecule has 0 aliphatic heterocycles. The van der Waals surface area contributed by atoms with Crippen LogP contribution in [-0.2, 0) is 0 Å². The standard InChI is InChI=1S/C11H5Br2ClN4/c12-7-2-1-6(4-15)8(3-7)18-11-9(13)10(14)16-5-17-11/h1-3,5H,(H,16,17,18). The number of halogens is 3. The van der Waals surface area contributed by atoms with Crippen molar-refractivity contribution < 1.29 is 0 Å². The van der Waals surface area contributed by atoms with Gasteiger partial charge in [0.15, 0.2) is 0 Å². The molecule has 0 radical (unpaired) electrons. The van der Waals surface area contributed by atoms with E-state index in [0.29, 0.717) is 26.7 Å². The van der Waals surface area contributed by atoms with Crippen molar-refractivity contribution in [3.05, 3.63) is 44.2 Å². The number of nitrogens with zero attached hydrogens (tertiary/aromatic N) is 3. The summed E-state index contributed by atoms with van der Waals surface area (Å²) in [7, 11) is 0. The summed E-state index contributed by atoms with van der Waals surface area (Å²) in [4.78, 5) is 7.90. The molecule has 0 saturated carbocycles. The Morgan fingerprint density at radius 1 is 1.28 bits per heavy atom. The molecule has 1 aromatic heterocycles. The molecular weight excluding hydrogens is 383 g/mol. The van der Waals surface area contributed by atoms with Gasteiger partial charge in [0.1, 0.15) is 23.4 Å². The lowest BCUT2D eigenvalue weighted by Crippen LogP contribution is -1.98. The molecule has 0 aliphatic rings. The van der Waals surface area contributed by atoms with Gasteiger partial charge >= 0.3 is 0 Å². The second-order valence-electron chi connectivity index (χ2n) is 3.25. The van der Waals surface area contributed by atoms with Crippen molar-refractivity contribution in [2.45, 2.75) is 0 Å². The molecule has 0 aliphatic carbocycles. The monoisotopic (exact) mass is 386 g/mol. The summed E-state index contributed by atoms with van der Waals surface area (Å²) < 4.78 is 1.41. The van der Waals surface area contributed by atoms with E-state index in [0.717, 1.165) is 4.47 Å². The Morgan fingerprint density at radius 3 is 2.78 bits per heavy atom. The predicted molar refractivity (Wildman–Crippen MR) is 76.9 cm³/mol. The Kier molecular flexibility index (Phi) is 4.17. The van der Waals surface area contributed by atoms with Gasteiger partial charge in [0.05, 0.1) is 15.7 Å². The molecule has 0 unspecified atom stereocenters. The van der Waals surface area contributed by atoms with Crippen molar-refractivity contribution >= 4 is 55.0 Å². The maximum absolute atomic E-state index is 9.04. The molecule has 0 amide bonds. The lowest BCUT2D eigenvalue weighted by atomic mass is 10.2. The van der Waals surface area contributed by atoms with Crippen molar-refractivity contribution in [1.82, 2.24) is 9.97 Å². The molecular formula is C11H5Br2ClN4. The molecule has 18 heavy (non-hydrogen) atoms. The molecule has 0 spiro atoms. The third-order valence-corrected chi connectivity index (χ3v) is 3.86. The van der Waals surface area contributed by atoms with E-state index < -0.39 is 0 Å². The first-order chi connectivity index (χ1) is 8.61. The molecule has 0 atom stereocenters. The van der Waals surface area contributed by atoms with E-state index in [1.165, 1.54) is 6.33 Å². The zero-order valence-electron chi connectivity index (χ0n) is 8.78. The van der Waals surface area contributed by atoms with Crippen molar-refractivity contribution in [2.24, 2.45) is 0 Å². The summed E-state index contributed by atoms with van der Waals surface area (Å²) in [6.07, 6.45) is 1.35. The molecule has 4 nitrogen and oxygen atoms in total. The van der Waals surface area contributed by atoms with E-state index in [-0.39, 0.29) is 0 Å². The van der Waals surface area contributed by atoms with Gasteiger partial charge in [-0.05, 0) is 34.1 Å². The Hall–Kier alpha value is -1.16. The van der Waals surface area contributed by atoms with E-state index >= 15 is 0 Å². The Bertz CT molecular complexity index is 639. The van der Waals surface area contributed by atoms with Gasteiger partial charge < -0.3 is 5.32 Å². The Labute approximate surface area is 125 Å². The van der Waals surface area contributed by atoms with Crippen LogP contribution in [0, 0.1) is 11.3 Å². The SMILES string of the molecule is N#Cc1ccc(Br)cc1Nc1ncnc(Cl)c1Br. The summed E-state index contributed by atoms with van der Waals surface area (Å²) in [6, 6.07) is 7.40. The third-order valence-electron chi connectivity index (χ3n) is 2.10. The summed E-state index contributed by atoms with van der Waals surface area (Å²) in [5, 5.41) is 12.4. The van der Waals surface area contributed by atoms with Gasteiger partial charge in [0, 0.05) is 4.47 Å². The minimum Gasteiger partial charge on any atom is -0.338 e. The maximum Gasteiger partial charge on any atom is 0.149 e. The zero-order valence-corrected chi connectivity index (χ0v) is 12.7. The number of nitriles is 1. The first kappa shape index (κ1) is 13.3. The van der Waals surface area contributed by atoms with Crippen LogP contribution in [0.3, 0.4) is 0 Å². The summed E-state index contributed by atoms with van der Waals surface area (Å²) in [5.74, 6) is 0.504. The van der Waals surface area contributed by atoms with Crippen molar-refractivity contribution in [3.8, 4) is 6.07 Å². The van der Waals surface area contributed by atoms with Crippen LogP contribution in [0.5, 0.6) is 0 Å². The minimum atomic E-state index is 0.306. The number of anilines is 2. The average molecular weight is 388 g/mol. The smallest absolute Gasteiger partial charge is 0.149 e. The summed E-state index contributed by atoms with van der Waals surface area (Å²) >= 11 is 12.5. The summed E-state index contributed by atoms with van der Waals surface area (Å²) in [5.41, 5.74) is 1.15. The number of aromatic nitrogens is 2. The van der Waals surface area contributed by atoms with Gasteiger partial charge in [-0.15, -0.1) is 0 Å². The van der Waals surface area contributed by atoms with Gasteiger partial charge in [-0.1, -0.05) is 27.5 Å². The highest BCUT2D eigenvalue weighted by Crippen LogP contribution is 2.30. The fourth-order valence-corrected chi connectivity index (χ4v) is 2.08. The zero-order chi connectivity index (χ0) is 13.1. The average Bonchev–Trinajstić information content (AvgIpc) is 2.35. The first-order valence-corrected chi connectivity index (χ1v) is 6.71. The summed E-state index contributed by atoms with van der Waals surface area (Å²) in [6.45, 7) is 0. The Morgan fingerprint density at radius 2 is 2.06 bits per heavy atom. The first-order valence-electron chi connectivity index (χ1n) is 4.74. The van der Waals surface area contributed by atoms with Crippen LogP contribution in [0.2, 0.25) is 5.15 Å². The van der Waals surface area contributed by atoms with E-state index in [1.807, 2.05) is 0 Å². The van der Waals surface area contributed by atoms with Gasteiger partial charge in [-0.3, -0.25) is 0 Å². The van der Waals surface area contributed by atoms with Crippen LogP contribution < -0.4 is 5.32 Å². The van der Waals surface area contributed by atoms with E-state index in [1.54, 1.807) is 18.2 Å². The molecule has 0 fully saturated rings. The van der Waals surface area contributed by atoms with E-state index in [4.69, 9.17) is 16.9 Å². The molecule has 0 bridgehead atoms. The quantitative estimate of drug-likeness (QED) is 0.781. The molecule has 1 N–H and O–H groups in total. The lowest BCUT2D eigenvalue weighted by Gasteiger charge is -2.09. The largest absolute Gasteiger partial charge is 0.338 e. The lowest BCUT2D eigenvalue weighted by molar-refractivity contribution is 1.15. The van der Waals surface area contributed by atoms with Crippen molar-refractivity contribution in [3.63, 3.8) is 0 Å². The van der Waals surface area contributed by atoms with Crippen LogP contribution >= 0.6 is 43.5 Å².